The highest BCUT2D eigenvalue weighted by molar-refractivity contribution is 5.91. The molecule has 4 heteroatoms. The third-order valence-electron chi connectivity index (χ3n) is 4.00. The third-order valence-corrected chi connectivity index (χ3v) is 4.00. The van der Waals surface area contributed by atoms with Crippen molar-refractivity contribution in [2.75, 3.05) is 23.3 Å². The van der Waals surface area contributed by atoms with Gasteiger partial charge in [-0.25, -0.2) is 0 Å². The summed E-state index contributed by atoms with van der Waals surface area (Å²) in [6, 6.07) is 17.4. The Hall–Kier alpha value is -2.80. The van der Waals surface area contributed by atoms with Crippen LogP contribution >= 0.6 is 0 Å². The van der Waals surface area contributed by atoms with Crippen molar-refractivity contribution in [3.8, 4) is 6.07 Å². The van der Waals surface area contributed by atoms with Gasteiger partial charge in [0.15, 0.2) is 0 Å². The molecule has 0 aliphatic rings. The summed E-state index contributed by atoms with van der Waals surface area (Å²) in [6.07, 6.45) is 1.08. The number of amides is 1. The fraction of sp³-hybridized carbons (Fsp3) is 0.300. The average Bonchev–Trinajstić information content (AvgIpc) is 2.63. The second kappa shape index (κ2) is 8.73. The first kappa shape index (κ1) is 17.6. The van der Waals surface area contributed by atoms with Gasteiger partial charge in [-0.1, -0.05) is 12.1 Å². The lowest BCUT2D eigenvalue weighted by atomic mass is 10.1. The lowest BCUT2D eigenvalue weighted by molar-refractivity contribution is -0.116. The molecule has 2 aromatic carbocycles. The van der Waals surface area contributed by atoms with Crippen LogP contribution in [-0.2, 0) is 11.2 Å². The Kier molecular flexibility index (Phi) is 6.39. The van der Waals surface area contributed by atoms with E-state index in [9.17, 15) is 4.79 Å². The first-order valence-corrected chi connectivity index (χ1v) is 8.30. The summed E-state index contributed by atoms with van der Waals surface area (Å²) in [5.74, 6) is -0.00468. The smallest absolute Gasteiger partial charge is 0.224 e. The number of nitriles is 1. The monoisotopic (exact) mass is 321 g/mol. The standard InChI is InChI=1S/C20H23N3O/c1-3-23(4-2)19-12-10-18(11-13-19)22-20(24)14-9-16-5-7-17(15-21)8-6-16/h5-8,10-13H,3-4,9,14H2,1-2H3,(H,22,24). The molecule has 0 atom stereocenters. The van der Waals surface area contributed by atoms with Gasteiger partial charge in [0.2, 0.25) is 5.91 Å². The number of anilines is 2. The molecule has 2 rings (SSSR count). The van der Waals surface area contributed by atoms with Gasteiger partial charge in [-0.05, 0) is 62.2 Å². The Morgan fingerprint density at radius 1 is 1.04 bits per heavy atom. The predicted octanol–water partition coefficient (Wildman–Crippen LogP) is 3.98. The van der Waals surface area contributed by atoms with Crippen LogP contribution in [0.15, 0.2) is 48.5 Å². The summed E-state index contributed by atoms with van der Waals surface area (Å²) >= 11 is 0. The molecule has 0 bridgehead atoms. The van der Waals surface area contributed by atoms with Crippen molar-refractivity contribution in [3.63, 3.8) is 0 Å². The number of nitrogens with one attached hydrogen (secondary N) is 1. The molecule has 0 unspecified atom stereocenters. The Labute approximate surface area is 143 Å². The molecule has 1 N–H and O–H groups in total. The fourth-order valence-corrected chi connectivity index (χ4v) is 2.57. The minimum Gasteiger partial charge on any atom is -0.372 e. The van der Waals surface area contributed by atoms with E-state index in [1.54, 1.807) is 12.1 Å². The van der Waals surface area contributed by atoms with Gasteiger partial charge in [-0.15, -0.1) is 0 Å². The maximum absolute atomic E-state index is 12.1. The maximum Gasteiger partial charge on any atom is 0.224 e. The van der Waals surface area contributed by atoms with Crippen LogP contribution in [0.25, 0.3) is 0 Å². The van der Waals surface area contributed by atoms with Crippen molar-refractivity contribution in [2.45, 2.75) is 26.7 Å². The molecule has 0 aliphatic carbocycles. The van der Waals surface area contributed by atoms with E-state index in [0.717, 1.165) is 30.0 Å². The molecule has 2 aromatic rings. The summed E-state index contributed by atoms with van der Waals surface area (Å²) in [5, 5.41) is 11.7. The van der Waals surface area contributed by atoms with E-state index in [1.165, 1.54) is 0 Å². The first-order valence-electron chi connectivity index (χ1n) is 8.30. The highest BCUT2D eigenvalue weighted by atomic mass is 16.1. The van der Waals surface area contributed by atoms with E-state index in [1.807, 2.05) is 36.4 Å². The van der Waals surface area contributed by atoms with Gasteiger partial charge in [-0.2, -0.15) is 5.26 Å². The Bertz CT molecular complexity index is 695. The summed E-state index contributed by atoms with van der Waals surface area (Å²) in [4.78, 5) is 14.3. The van der Waals surface area contributed by atoms with E-state index in [-0.39, 0.29) is 5.91 Å². The number of carbonyl (C=O) groups excluding carboxylic acids is 1. The molecule has 0 saturated carbocycles. The fourth-order valence-electron chi connectivity index (χ4n) is 2.57. The van der Waals surface area contributed by atoms with Crippen molar-refractivity contribution in [1.29, 1.82) is 5.26 Å². The summed E-state index contributed by atoms with van der Waals surface area (Å²) < 4.78 is 0. The normalized spacial score (nSPS) is 10.0. The van der Waals surface area contributed by atoms with Crippen molar-refractivity contribution < 1.29 is 4.79 Å². The number of aryl methyl sites for hydroxylation is 1. The molecular formula is C20H23N3O. The Morgan fingerprint density at radius 3 is 2.21 bits per heavy atom. The van der Waals surface area contributed by atoms with Gasteiger partial charge in [0.05, 0.1) is 11.6 Å². The zero-order valence-corrected chi connectivity index (χ0v) is 14.2. The molecule has 0 spiro atoms. The quantitative estimate of drug-likeness (QED) is 0.839. The van der Waals surface area contributed by atoms with Crippen molar-refractivity contribution in [1.82, 2.24) is 0 Å². The van der Waals surface area contributed by atoms with Crippen LogP contribution in [0.5, 0.6) is 0 Å². The zero-order chi connectivity index (χ0) is 17.4. The number of hydrogen-bond acceptors (Lipinski definition) is 3. The third kappa shape index (κ3) is 4.85. The van der Waals surface area contributed by atoms with E-state index >= 15 is 0 Å². The molecule has 124 valence electrons. The topological polar surface area (TPSA) is 56.1 Å². The molecule has 0 aliphatic heterocycles. The number of nitrogens with zero attached hydrogens (tertiary/aromatic N) is 2. The second-order valence-electron chi connectivity index (χ2n) is 5.58. The summed E-state index contributed by atoms with van der Waals surface area (Å²) in [5.41, 5.74) is 3.67. The zero-order valence-electron chi connectivity index (χ0n) is 14.2. The van der Waals surface area contributed by atoms with Gasteiger partial charge in [0.25, 0.3) is 0 Å². The van der Waals surface area contributed by atoms with Crippen molar-refractivity contribution >= 4 is 17.3 Å². The molecule has 1 amide bonds. The van der Waals surface area contributed by atoms with Crippen LogP contribution in [-0.4, -0.2) is 19.0 Å². The minimum absolute atomic E-state index is 0.00468. The van der Waals surface area contributed by atoms with Crippen LogP contribution in [0.3, 0.4) is 0 Å². The Balaban J connectivity index is 1.86. The summed E-state index contributed by atoms with van der Waals surface area (Å²) in [7, 11) is 0. The van der Waals surface area contributed by atoms with E-state index < -0.39 is 0 Å². The van der Waals surface area contributed by atoms with Crippen LogP contribution in [0.4, 0.5) is 11.4 Å². The van der Waals surface area contributed by atoms with Gasteiger partial charge in [-0.3, -0.25) is 4.79 Å². The maximum atomic E-state index is 12.1. The number of rotatable bonds is 7. The number of hydrogen-bond donors (Lipinski definition) is 1. The van der Waals surface area contributed by atoms with Gasteiger partial charge >= 0.3 is 0 Å². The SMILES string of the molecule is CCN(CC)c1ccc(NC(=O)CCc2ccc(C#N)cc2)cc1. The van der Waals surface area contributed by atoms with E-state index in [2.05, 4.69) is 30.1 Å². The molecule has 24 heavy (non-hydrogen) atoms. The van der Waals surface area contributed by atoms with Gasteiger partial charge in [0, 0.05) is 30.9 Å². The van der Waals surface area contributed by atoms with Crippen LogP contribution in [0.1, 0.15) is 31.4 Å². The number of benzene rings is 2. The van der Waals surface area contributed by atoms with Gasteiger partial charge in [0.1, 0.15) is 0 Å². The van der Waals surface area contributed by atoms with E-state index in [0.29, 0.717) is 18.4 Å². The number of carbonyl (C=O) groups is 1. The molecule has 0 aromatic heterocycles. The van der Waals surface area contributed by atoms with Crippen molar-refractivity contribution in [2.24, 2.45) is 0 Å². The van der Waals surface area contributed by atoms with Crippen LogP contribution < -0.4 is 10.2 Å². The highest BCUT2D eigenvalue weighted by Gasteiger charge is 2.05. The molecule has 0 fully saturated rings. The molecule has 4 nitrogen and oxygen atoms in total. The molecular weight excluding hydrogens is 298 g/mol. The van der Waals surface area contributed by atoms with E-state index in [4.69, 9.17) is 5.26 Å². The Morgan fingerprint density at radius 2 is 1.67 bits per heavy atom. The lowest BCUT2D eigenvalue weighted by Crippen LogP contribution is -2.21. The van der Waals surface area contributed by atoms with Gasteiger partial charge < -0.3 is 10.2 Å². The highest BCUT2D eigenvalue weighted by Crippen LogP contribution is 2.18. The van der Waals surface area contributed by atoms with Crippen LogP contribution in [0.2, 0.25) is 0 Å². The predicted molar refractivity (Wildman–Crippen MR) is 98.1 cm³/mol. The molecule has 0 heterocycles. The second-order valence-corrected chi connectivity index (χ2v) is 5.58. The first-order chi connectivity index (χ1) is 11.7. The summed E-state index contributed by atoms with van der Waals surface area (Å²) in [6.45, 7) is 6.18. The lowest BCUT2D eigenvalue weighted by Gasteiger charge is -2.21. The largest absolute Gasteiger partial charge is 0.372 e. The van der Waals surface area contributed by atoms with Crippen molar-refractivity contribution in [3.05, 3.63) is 59.7 Å². The average molecular weight is 321 g/mol. The van der Waals surface area contributed by atoms with Crippen LogP contribution in [0, 0.1) is 11.3 Å². The molecule has 0 radical (unpaired) electrons. The minimum atomic E-state index is -0.00468. The molecule has 0 saturated heterocycles.